The van der Waals surface area contributed by atoms with Gasteiger partial charge in [0.25, 0.3) is 0 Å². The van der Waals surface area contributed by atoms with Crippen LogP contribution in [-0.4, -0.2) is 22.2 Å². The van der Waals surface area contributed by atoms with Gasteiger partial charge in [0.05, 0.1) is 5.52 Å². The summed E-state index contributed by atoms with van der Waals surface area (Å²) in [6.45, 7) is 4.69. The molecule has 4 aromatic rings. The van der Waals surface area contributed by atoms with E-state index in [2.05, 4.69) is 40.0 Å². The molecular formula is C25H24BrN3O3. The Kier molecular flexibility index (Phi) is 6.55. The number of fused-ring (bicyclic) bond motifs is 2. The molecule has 0 aliphatic heterocycles. The van der Waals surface area contributed by atoms with Crippen molar-refractivity contribution in [2.75, 3.05) is 6.61 Å². The van der Waals surface area contributed by atoms with Gasteiger partial charge in [0.15, 0.2) is 12.3 Å². The van der Waals surface area contributed by atoms with Crippen molar-refractivity contribution in [3.8, 4) is 11.6 Å². The van der Waals surface area contributed by atoms with Crippen LogP contribution in [0.1, 0.15) is 20.3 Å². The minimum Gasteiger partial charge on any atom is -0.493 e. The molecule has 1 amide bonds. The number of aromatic hydroxyl groups is 1. The first-order valence-corrected chi connectivity index (χ1v) is 11.3. The molecule has 7 heteroatoms. The maximum Gasteiger partial charge on any atom is 0.302 e. The van der Waals surface area contributed by atoms with Crippen molar-refractivity contribution in [2.24, 2.45) is 16.1 Å². The molecule has 32 heavy (non-hydrogen) atoms. The number of rotatable bonds is 7. The summed E-state index contributed by atoms with van der Waals surface area (Å²) in [4.78, 5) is 12.3. The third kappa shape index (κ3) is 4.83. The molecule has 0 spiro atoms. The number of benzene rings is 3. The molecule has 0 fully saturated rings. The van der Waals surface area contributed by atoms with Gasteiger partial charge in [-0.2, -0.15) is 0 Å². The summed E-state index contributed by atoms with van der Waals surface area (Å²) >= 11 is 3.46. The van der Waals surface area contributed by atoms with Gasteiger partial charge in [-0.25, -0.2) is 0 Å². The van der Waals surface area contributed by atoms with E-state index in [0.29, 0.717) is 23.9 Å². The van der Waals surface area contributed by atoms with Crippen molar-refractivity contribution in [1.82, 2.24) is 4.57 Å². The van der Waals surface area contributed by atoms with Crippen molar-refractivity contribution >= 4 is 49.2 Å². The number of carbonyl (C=O) groups is 1. The number of carbonyl (C=O) groups excluding carboxylic acids is 1. The Hall–Kier alpha value is -3.19. The van der Waals surface area contributed by atoms with Crippen molar-refractivity contribution < 1.29 is 14.6 Å². The summed E-state index contributed by atoms with van der Waals surface area (Å²) in [7, 11) is 0. The number of aromatic nitrogens is 1. The number of para-hydroxylation sites is 1. The van der Waals surface area contributed by atoms with E-state index < -0.39 is 5.91 Å². The molecule has 0 aliphatic rings. The number of hydrogen-bond donors (Lipinski definition) is 1. The number of nitrogens with zero attached hydrogens (tertiary/aromatic N) is 3. The lowest BCUT2D eigenvalue weighted by Gasteiger charge is -2.08. The summed E-state index contributed by atoms with van der Waals surface area (Å²) < 4.78 is 8.42. The van der Waals surface area contributed by atoms with E-state index in [1.54, 1.807) is 0 Å². The molecule has 1 N–H and O–H groups in total. The van der Waals surface area contributed by atoms with Gasteiger partial charge >= 0.3 is 5.91 Å². The second-order valence-electron chi connectivity index (χ2n) is 8.06. The van der Waals surface area contributed by atoms with Gasteiger partial charge in [-0.1, -0.05) is 60.1 Å². The molecule has 0 radical (unpaired) electrons. The molecule has 0 aliphatic carbocycles. The van der Waals surface area contributed by atoms with Crippen LogP contribution in [0.4, 0.5) is 5.69 Å². The molecule has 0 saturated heterocycles. The van der Waals surface area contributed by atoms with Crippen molar-refractivity contribution in [1.29, 1.82) is 0 Å². The molecule has 0 bridgehead atoms. The van der Waals surface area contributed by atoms with Gasteiger partial charge in [-0.15, -0.1) is 10.2 Å². The number of hydrogen-bond acceptors (Lipinski definition) is 4. The van der Waals surface area contributed by atoms with Gasteiger partial charge in [0.2, 0.25) is 5.88 Å². The van der Waals surface area contributed by atoms with E-state index in [4.69, 9.17) is 4.74 Å². The maximum absolute atomic E-state index is 12.3. The van der Waals surface area contributed by atoms with E-state index in [1.807, 2.05) is 65.2 Å². The van der Waals surface area contributed by atoms with E-state index in [1.165, 1.54) is 0 Å². The van der Waals surface area contributed by atoms with E-state index in [0.717, 1.165) is 32.6 Å². The van der Waals surface area contributed by atoms with E-state index in [9.17, 15) is 9.90 Å². The van der Waals surface area contributed by atoms with Crippen molar-refractivity contribution in [3.63, 3.8) is 0 Å². The zero-order valence-corrected chi connectivity index (χ0v) is 19.5. The van der Waals surface area contributed by atoms with Gasteiger partial charge < -0.3 is 14.4 Å². The largest absolute Gasteiger partial charge is 0.493 e. The smallest absolute Gasteiger partial charge is 0.302 e. The highest BCUT2D eigenvalue weighted by atomic mass is 79.9. The van der Waals surface area contributed by atoms with Crippen molar-refractivity contribution in [2.45, 2.75) is 26.8 Å². The van der Waals surface area contributed by atoms with Crippen LogP contribution in [-0.2, 0) is 11.3 Å². The maximum atomic E-state index is 12.3. The van der Waals surface area contributed by atoms with Crippen LogP contribution >= 0.6 is 15.9 Å². The summed E-state index contributed by atoms with van der Waals surface area (Å²) in [5.41, 5.74) is 1.17. The molecule has 0 saturated carbocycles. The highest BCUT2D eigenvalue weighted by Crippen LogP contribution is 2.39. The fourth-order valence-electron chi connectivity index (χ4n) is 3.55. The Morgan fingerprint density at radius 2 is 1.84 bits per heavy atom. The summed E-state index contributed by atoms with van der Waals surface area (Å²) in [6, 6.07) is 19.1. The molecule has 1 aromatic heterocycles. The number of amides is 1. The average Bonchev–Trinajstić information content (AvgIpc) is 3.05. The van der Waals surface area contributed by atoms with Crippen molar-refractivity contribution in [3.05, 3.63) is 65.1 Å². The zero-order chi connectivity index (χ0) is 22.7. The van der Waals surface area contributed by atoms with E-state index >= 15 is 0 Å². The Balaban J connectivity index is 1.49. The lowest BCUT2D eigenvalue weighted by molar-refractivity contribution is -0.120. The summed E-state index contributed by atoms with van der Waals surface area (Å²) in [5.74, 6) is 0.567. The third-order valence-electron chi connectivity index (χ3n) is 5.25. The minimum absolute atomic E-state index is 0.0185. The van der Waals surface area contributed by atoms with Gasteiger partial charge in [0.1, 0.15) is 5.75 Å². The Labute approximate surface area is 194 Å². The minimum atomic E-state index is -0.528. The first kappa shape index (κ1) is 22.0. The predicted octanol–water partition coefficient (Wildman–Crippen LogP) is 7.00. The fraction of sp³-hybridized carbons (Fsp3) is 0.240. The van der Waals surface area contributed by atoms with Gasteiger partial charge in [-0.3, -0.25) is 4.79 Å². The highest BCUT2D eigenvalue weighted by Gasteiger charge is 2.17. The standard InChI is InChI=1S/C25H24BrN3O3/c1-16(2)11-12-29-22-6-4-3-5-21(22)24(25(29)31)28-27-23(30)15-32-20-10-8-17-13-19(26)9-7-18(17)14-20/h3-10,13-14,16,31H,11-12,15H2,1-2H3. The molecule has 164 valence electrons. The normalized spacial score (nSPS) is 11.8. The van der Waals surface area contributed by atoms with Crippen LogP contribution in [0.25, 0.3) is 21.7 Å². The number of ether oxygens (including phenoxy) is 1. The number of azo groups is 1. The van der Waals surface area contributed by atoms with Crippen LogP contribution in [0, 0.1) is 5.92 Å². The van der Waals surface area contributed by atoms with Gasteiger partial charge in [0, 0.05) is 16.4 Å². The fourth-order valence-corrected chi connectivity index (χ4v) is 3.93. The van der Waals surface area contributed by atoms with E-state index in [-0.39, 0.29) is 12.5 Å². The third-order valence-corrected chi connectivity index (χ3v) is 5.74. The second-order valence-corrected chi connectivity index (χ2v) is 8.97. The van der Waals surface area contributed by atoms with Gasteiger partial charge in [-0.05, 0) is 53.4 Å². The first-order valence-electron chi connectivity index (χ1n) is 10.5. The van der Waals surface area contributed by atoms with Crippen LogP contribution in [0.5, 0.6) is 11.6 Å². The Bertz CT molecular complexity index is 1310. The molecular weight excluding hydrogens is 470 g/mol. The Morgan fingerprint density at radius 1 is 1.09 bits per heavy atom. The molecule has 0 unspecified atom stereocenters. The molecule has 4 rings (SSSR count). The summed E-state index contributed by atoms with van der Waals surface area (Å²) in [5, 5.41) is 21.4. The van der Waals surface area contributed by atoms with Crippen LogP contribution in [0.15, 0.2) is 75.4 Å². The van der Waals surface area contributed by atoms with Crippen LogP contribution < -0.4 is 4.74 Å². The number of halogens is 1. The molecule has 3 aromatic carbocycles. The highest BCUT2D eigenvalue weighted by molar-refractivity contribution is 9.10. The lowest BCUT2D eigenvalue weighted by Crippen LogP contribution is -2.07. The molecule has 0 atom stereocenters. The molecule has 6 nitrogen and oxygen atoms in total. The second kappa shape index (κ2) is 9.53. The Morgan fingerprint density at radius 3 is 2.66 bits per heavy atom. The SMILES string of the molecule is CC(C)CCn1c(O)c(N=NC(=O)COc2ccc3cc(Br)ccc3c2)c2ccccc21. The monoisotopic (exact) mass is 493 g/mol. The quantitative estimate of drug-likeness (QED) is 0.281. The molecule has 1 heterocycles. The summed E-state index contributed by atoms with van der Waals surface area (Å²) in [6.07, 6.45) is 0.915. The lowest BCUT2D eigenvalue weighted by atomic mass is 10.1. The average molecular weight is 494 g/mol. The first-order chi connectivity index (χ1) is 15.4. The number of aryl methyl sites for hydroxylation is 1. The zero-order valence-electron chi connectivity index (χ0n) is 18.0. The van der Waals surface area contributed by atoms with Crippen LogP contribution in [0.3, 0.4) is 0 Å². The van der Waals surface area contributed by atoms with Crippen LogP contribution in [0.2, 0.25) is 0 Å². The topological polar surface area (TPSA) is 76.2 Å². The predicted molar refractivity (Wildman–Crippen MR) is 130 cm³/mol.